The van der Waals surface area contributed by atoms with Gasteiger partial charge in [0, 0.05) is 0 Å². The second-order valence-electron chi connectivity index (χ2n) is 5.81. The number of carbonyl (C=O) groups excluding carboxylic acids is 1. The Bertz CT molecular complexity index is 930. The molecule has 152 valence electrons. The zero-order valence-corrected chi connectivity index (χ0v) is 15.7. The van der Waals surface area contributed by atoms with Crippen LogP contribution in [0.25, 0.3) is 0 Å². The van der Waals surface area contributed by atoms with Crippen LogP contribution in [0.2, 0.25) is 0 Å². The summed E-state index contributed by atoms with van der Waals surface area (Å²) in [6.45, 7) is 1.58. The van der Waals surface area contributed by atoms with E-state index in [0.717, 1.165) is 23.8 Å². The van der Waals surface area contributed by atoms with Gasteiger partial charge in [0.05, 0.1) is 23.5 Å². The molecule has 0 bridgehead atoms. The maximum Gasteiger partial charge on any atom is 0.416 e. The van der Waals surface area contributed by atoms with E-state index < -0.39 is 39.1 Å². The minimum absolute atomic E-state index is 0.137. The average Bonchev–Trinajstić information content (AvgIpc) is 2.64. The van der Waals surface area contributed by atoms with Crippen LogP contribution in [0, 0.1) is 6.92 Å². The van der Waals surface area contributed by atoms with Gasteiger partial charge in [-0.25, -0.2) is 13.1 Å². The standard InChI is InChI=1S/C18H19F3N2O4S/c1-13-5-2-3-8-16(13)27-10-9-22-17(24)12-23-28(25,26)15-7-4-6-14(11-15)18(19,20)21/h2-8,11,23H,9-10,12H2,1H3,(H,22,24). The lowest BCUT2D eigenvalue weighted by Crippen LogP contribution is -2.38. The summed E-state index contributed by atoms with van der Waals surface area (Å²) < 4.78 is 69.7. The first-order valence-corrected chi connectivity index (χ1v) is 9.70. The van der Waals surface area contributed by atoms with E-state index in [1.165, 1.54) is 0 Å². The van der Waals surface area contributed by atoms with Crippen molar-refractivity contribution >= 4 is 15.9 Å². The third-order valence-electron chi connectivity index (χ3n) is 3.67. The monoisotopic (exact) mass is 416 g/mol. The molecular formula is C18H19F3N2O4S. The predicted octanol–water partition coefficient (Wildman–Crippen LogP) is 2.49. The van der Waals surface area contributed by atoms with Crippen molar-refractivity contribution in [2.75, 3.05) is 19.7 Å². The maximum absolute atomic E-state index is 12.7. The van der Waals surface area contributed by atoms with Crippen LogP contribution in [0.1, 0.15) is 11.1 Å². The summed E-state index contributed by atoms with van der Waals surface area (Å²) in [4.78, 5) is 11.2. The van der Waals surface area contributed by atoms with Crippen LogP contribution in [0.15, 0.2) is 53.4 Å². The molecule has 0 aliphatic heterocycles. The number of hydrogen-bond donors (Lipinski definition) is 2. The summed E-state index contributed by atoms with van der Waals surface area (Å²) in [5, 5.41) is 2.46. The zero-order chi connectivity index (χ0) is 20.8. The summed E-state index contributed by atoms with van der Waals surface area (Å²) in [7, 11) is -4.26. The van der Waals surface area contributed by atoms with Gasteiger partial charge in [0.15, 0.2) is 0 Å². The number of carbonyl (C=O) groups is 1. The molecule has 0 saturated heterocycles. The van der Waals surface area contributed by atoms with Crippen LogP contribution >= 0.6 is 0 Å². The molecule has 0 saturated carbocycles. The normalized spacial score (nSPS) is 11.9. The van der Waals surface area contributed by atoms with E-state index in [2.05, 4.69) is 5.32 Å². The first-order chi connectivity index (χ1) is 13.1. The van der Waals surface area contributed by atoms with Gasteiger partial charge in [0.1, 0.15) is 12.4 Å². The van der Waals surface area contributed by atoms with Gasteiger partial charge in [-0.2, -0.15) is 13.2 Å². The highest BCUT2D eigenvalue weighted by molar-refractivity contribution is 7.89. The highest BCUT2D eigenvalue weighted by Crippen LogP contribution is 2.30. The number of amides is 1. The number of nitrogens with one attached hydrogen (secondary N) is 2. The number of benzene rings is 2. The van der Waals surface area contributed by atoms with Crippen LogP contribution in [-0.4, -0.2) is 34.0 Å². The van der Waals surface area contributed by atoms with E-state index in [1.807, 2.05) is 29.8 Å². The van der Waals surface area contributed by atoms with Crippen LogP contribution in [0.3, 0.4) is 0 Å². The number of alkyl halides is 3. The summed E-state index contributed by atoms with van der Waals surface area (Å²) in [6, 6.07) is 10.6. The van der Waals surface area contributed by atoms with Gasteiger partial charge in [0.25, 0.3) is 0 Å². The van der Waals surface area contributed by atoms with Crippen LogP contribution < -0.4 is 14.8 Å². The molecule has 0 atom stereocenters. The number of para-hydroxylation sites is 1. The van der Waals surface area contributed by atoms with E-state index in [1.54, 1.807) is 6.07 Å². The molecule has 1 amide bonds. The first-order valence-electron chi connectivity index (χ1n) is 8.21. The molecule has 2 rings (SSSR count). The molecule has 0 radical (unpaired) electrons. The van der Waals surface area contributed by atoms with Gasteiger partial charge in [-0.05, 0) is 36.8 Å². The lowest BCUT2D eigenvalue weighted by Gasteiger charge is -2.11. The summed E-state index contributed by atoms with van der Waals surface area (Å²) in [5.41, 5.74) is -0.157. The van der Waals surface area contributed by atoms with Crippen molar-refractivity contribution in [1.29, 1.82) is 0 Å². The molecule has 2 N–H and O–H groups in total. The minimum atomic E-state index is -4.67. The minimum Gasteiger partial charge on any atom is -0.491 e. The lowest BCUT2D eigenvalue weighted by atomic mass is 10.2. The summed E-state index contributed by atoms with van der Waals surface area (Å²) in [5.74, 6) is 0.0333. The number of hydrogen-bond acceptors (Lipinski definition) is 4. The topological polar surface area (TPSA) is 84.5 Å². The molecule has 0 aliphatic rings. The van der Waals surface area contributed by atoms with Gasteiger partial charge in [-0.15, -0.1) is 0 Å². The number of halogens is 3. The smallest absolute Gasteiger partial charge is 0.416 e. The van der Waals surface area contributed by atoms with E-state index in [0.29, 0.717) is 11.8 Å². The molecule has 28 heavy (non-hydrogen) atoms. The molecule has 2 aromatic carbocycles. The molecule has 0 spiro atoms. The molecule has 10 heteroatoms. The Hall–Kier alpha value is -2.59. The van der Waals surface area contributed by atoms with Crippen molar-refractivity contribution in [3.63, 3.8) is 0 Å². The summed E-state index contributed by atoms with van der Waals surface area (Å²) in [6.07, 6.45) is -4.67. The number of sulfonamides is 1. The first kappa shape index (κ1) is 21.7. The second-order valence-corrected chi connectivity index (χ2v) is 7.58. The molecule has 0 aliphatic carbocycles. The van der Waals surface area contributed by atoms with Gasteiger partial charge in [-0.1, -0.05) is 24.3 Å². The van der Waals surface area contributed by atoms with E-state index in [-0.39, 0.29) is 13.2 Å². The lowest BCUT2D eigenvalue weighted by molar-refractivity contribution is -0.137. The average molecular weight is 416 g/mol. The zero-order valence-electron chi connectivity index (χ0n) is 14.9. The van der Waals surface area contributed by atoms with Crippen LogP contribution in [0.4, 0.5) is 13.2 Å². The Balaban J connectivity index is 1.82. The largest absolute Gasteiger partial charge is 0.491 e. The molecule has 0 unspecified atom stereocenters. The fourth-order valence-corrected chi connectivity index (χ4v) is 3.24. The van der Waals surface area contributed by atoms with E-state index >= 15 is 0 Å². The van der Waals surface area contributed by atoms with Crippen molar-refractivity contribution < 1.29 is 31.1 Å². The van der Waals surface area contributed by atoms with Crippen molar-refractivity contribution in [2.45, 2.75) is 18.0 Å². The van der Waals surface area contributed by atoms with Crippen molar-refractivity contribution in [3.8, 4) is 5.75 Å². The third-order valence-corrected chi connectivity index (χ3v) is 5.07. The van der Waals surface area contributed by atoms with Crippen molar-refractivity contribution in [1.82, 2.24) is 10.0 Å². The maximum atomic E-state index is 12.7. The van der Waals surface area contributed by atoms with Crippen molar-refractivity contribution in [2.24, 2.45) is 0 Å². The SMILES string of the molecule is Cc1ccccc1OCCNC(=O)CNS(=O)(=O)c1cccc(C(F)(F)F)c1. The fraction of sp³-hybridized carbons (Fsp3) is 0.278. The van der Waals surface area contributed by atoms with E-state index in [4.69, 9.17) is 4.74 Å². The number of aryl methyl sites for hydroxylation is 1. The Morgan fingerprint density at radius 2 is 1.82 bits per heavy atom. The molecular weight excluding hydrogens is 397 g/mol. The molecule has 6 nitrogen and oxygen atoms in total. The van der Waals surface area contributed by atoms with Gasteiger partial charge >= 0.3 is 6.18 Å². The predicted molar refractivity (Wildman–Crippen MR) is 96.3 cm³/mol. The highest BCUT2D eigenvalue weighted by atomic mass is 32.2. The second kappa shape index (κ2) is 9.07. The molecule has 0 heterocycles. The number of ether oxygens (including phenoxy) is 1. The quantitative estimate of drug-likeness (QED) is 0.648. The fourth-order valence-electron chi connectivity index (χ4n) is 2.22. The van der Waals surface area contributed by atoms with Gasteiger partial charge in [0.2, 0.25) is 15.9 Å². The number of rotatable bonds is 8. The highest BCUT2D eigenvalue weighted by Gasteiger charge is 2.31. The van der Waals surface area contributed by atoms with Crippen LogP contribution in [0.5, 0.6) is 5.75 Å². The summed E-state index contributed by atoms with van der Waals surface area (Å²) >= 11 is 0. The van der Waals surface area contributed by atoms with Crippen LogP contribution in [-0.2, 0) is 21.0 Å². The Morgan fingerprint density at radius 3 is 2.50 bits per heavy atom. The Morgan fingerprint density at radius 1 is 1.11 bits per heavy atom. The van der Waals surface area contributed by atoms with Gasteiger partial charge in [-0.3, -0.25) is 4.79 Å². The molecule has 2 aromatic rings. The van der Waals surface area contributed by atoms with E-state index in [9.17, 15) is 26.4 Å². The van der Waals surface area contributed by atoms with Crippen molar-refractivity contribution in [3.05, 3.63) is 59.7 Å². The molecule has 0 aromatic heterocycles. The third kappa shape index (κ3) is 6.24. The Labute approximate surface area is 160 Å². The molecule has 0 fully saturated rings. The van der Waals surface area contributed by atoms with Gasteiger partial charge < -0.3 is 10.1 Å². The Kier molecular flexibility index (Phi) is 7.03.